The first kappa shape index (κ1) is 24.3. The zero-order chi connectivity index (χ0) is 25.3. The van der Waals surface area contributed by atoms with Gasteiger partial charge in [0.05, 0.1) is 29.7 Å². The Bertz CT molecular complexity index is 1420. The normalized spacial score (nSPS) is 11.6. The third-order valence-electron chi connectivity index (χ3n) is 5.17. The van der Waals surface area contributed by atoms with E-state index in [4.69, 9.17) is 17.3 Å². The molecular weight excluding hydrogens is 488 g/mol. The number of fused-ring (bicyclic) bond motifs is 1. The van der Waals surface area contributed by atoms with E-state index < -0.39 is 30.9 Å². The van der Waals surface area contributed by atoms with Gasteiger partial charge in [0.25, 0.3) is 0 Å². The molecule has 0 aliphatic heterocycles. The lowest BCUT2D eigenvalue weighted by Gasteiger charge is -2.14. The van der Waals surface area contributed by atoms with Gasteiger partial charge in [-0.2, -0.15) is 13.2 Å². The summed E-state index contributed by atoms with van der Waals surface area (Å²) in [6.07, 6.45) is -3.90. The van der Waals surface area contributed by atoms with Crippen LogP contribution in [0.4, 0.5) is 34.8 Å². The molecule has 1 amide bonds. The van der Waals surface area contributed by atoms with Crippen LogP contribution in [0.15, 0.2) is 48.7 Å². The molecule has 0 saturated carbocycles. The molecule has 2 aromatic heterocycles. The van der Waals surface area contributed by atoms with Gasteiger partial charge in [-0.1, -0.05) is 17.7 Å². The van der Waals surface area contributed by atoms with Gasteiger partial charge in [-0.05, 0) is 42.8 Å². The number of benzene rings is 2. The van der Waals surface area contributed by atoms with Crippen molar-refractivity contribution < 1.29 is 22.4 Å². The summed E-state index contributed by atoms with van der Waals surface area (Å²) >= 11 is 5.81. The fourth-order valence-electron chi connectivity index (χ4n) is 3.52. The smallest absolute Gasteiger partial charge is 0.382 e. The summed E-state index contributed by atoms with van der Waals surface area (Å²) in [7, 11) is 0. The summed E-state index contributed by atoms with van der Waals surface area (Å²) < 4.78 is 53.9. The van der Waals surface area contributed by atoms with Gasteiger partial charge in [0.15, 0.2) is 11.5 Å². The van der Waals surface area contributed by atoms with E-state index in [1.165, 1.54) is 28.9 Å². The van der Waals surface area contributed by atoms with Crippen LogP contribution in [-0.4, -0.2) is 33.2 Å². The zero-order valence-corrected chi connectivity index (χ0v) is 19.0. The molecule has 0 fully saturated rings. The fraction of sp³-hybridized carbons (Fsp3) is 0.174. The molecule has 7 nitrogen and oxygen atoms in total. The predicted molar refractivity (Wildman–Crippen MR) is 126 cm³/mol. The number of anilines is 3. The Balaban J connectivity index is 1.79. The first-order valence-corrected chi connectivity index (χ1v) is 10.7. The molecule has 4 N–H and O–H groups in total. The maximum absolute atomic E-state index is 14.3. The highest BCUT2D eigenvalue weighted by molar-refractivity contribution is 6.30. The van der Waals surface area contributed by atoms with Crippen LogP contribution in [0.5, 0.6) is 0 Å². The molecule has 182 valence electrons. The van der Waals surface area contributed by atoms with Crippen molar-refractivity contribution >= 4 is 40.3 Å². The highest BCUT2D eigenvalue weighted by Gasteiger charge is 2.26. The summed E-state index contributed by atoms with van der Waals surface area (Å²) in [4.78, 5) is 15.9. The highest BCUT2D eigenvalue weighted by atomic mass is 35.5. The number of hydrogen-bond donors (Lipinski definition) is 3. The van der Waals surface area contributed by atoms with Crippen LogP contribution in [-0.2, 0) is 0 Å². The molecule has 0 unspecified atom stereocenters. The summed E-state index contributed by atoms with van der Waals surface area (Å²) in [5, 5.41) is 10.2. The van der Waals surface area contributed by atoms with Crippen molar-refractivity contribution in [2.45, 2.75) is 19.5 Å². The molecule has 0 spiro atoms. The Morgan fingerprint density at radius 1 is 1.14 bits per heavy atom. The molecule has 0 saturated heterocycles. The van der Waals surface area contributed by atoms with Gasteiger partial charge < -0.3 is 16.4 Å². The molecule has 12 heteroatoms. The van der Waals surface area contributed by atoms with Gasteiger partial charge in [-0.15, -0.1) is 5.10 Å². The number of primary amides is 1. The first-order chi connectivity index (χ1) is 16.5. The second-order valence-electron chi connectivity index (χ2n) is 7.76. The summed E-state index contributed by atoms with van der Waals surface area (Å²) in [5.74, 6) is -1.05. The van der Waals surface area contributed by atoms with Crippen LogP contribution in [0.2, 0.25) is 5.02 Å². The Kier molecular flexibility index (Phi) is 6.53. The Morgan fingerprint density at radius 3 is 2.57 bits per heavy atom. The first-order valence-electron chi connectivity index (χ1n) is 10.3. The molecule has 4 aromatic rings. The lowest BCUT2D eigenvalue weighted by molar-refractivity contribution is -0.131. The Morgan fingerprint density at radius 2 is 1.91 bits per heavy atom. The van der Waals surface area contributed by atoms with E-state index in [0.29, 0.717) is 22.4 Å². The maximum Gasteiger partial charge on any atom is 0.390 e. The number of amides is 1. The van der Waals surface area contributed by atoms with Crippen LogP contribution in [0.1, 0.15) is 22.3 Å². The molecule has 0 radical (unpaired) electrons. The number of aryl methyl sites for hydroxylation is 1. The number of nitrogens with one attached hydrogen (secondary N) is 2. The summed E-state index contributed by atoms with van der Waals surface area (Å²) in [6.45, 7) is 1.33. The topological polar surface area (TPSA) is 97.3 Å². The number of alkyl halides is 3. The van der Waals surface area contributed by atoms with Gasteiger partial charge in [0.2, 0.25) is 5.91 Å². The van der Waals surface area contributed by atoms with E-state index in [0.717, 1.165) is 6.07 Å². The van der Waals surface area contributed by atoms with Gasteiger partial charge >= 0.3 is 6.18 Å². The lowest BCUT2D eigenvalue weighted by Crippen LogP contribution is -2.15. The van der Waals surface area contributed by atoms with Gasteiger partial charge in [0.1, 0.15) is 5.82 Å². The Labute approximate surface area is 201 Å². The average molecular weight is 507 g/mol. The average Bonchev–Trinajstić information content (AvgIpc) is 3.18. The number of carbonyl (C=O) groups excluding carboxylic acids is 1. The largest absolute Gasteiger partial charge is 0.390 e. The molecule has 2 heterocycles. The third kappa shape index (κ3) is 5.46. The summed E-state index contributed by atoms with van der Waals surface area (Å²) in [6, 6.07) is 10.4. The standard InChI is InChI=1S/C23H19ClF4N6O/c1-12-8-13(2-4-15(12)21(29)35)19-11-31-22-18(30-7-6-23(26,27)28)10-20(33-34(19)22)32-17-5-3-14(24)9-16(17)25/h2-5,8-11,30H,6-7H2,1H3,(H2,29,35)(H,32,33). The van der Waals surface area contributed by atoms with E-state index in [1.54, 1.807) is 25.1 Å². The van der Waals surface area contributed by atoms with Gasteiger partial charge in [-0.25, -0.2) is 13.9 Å². The molecule has 0 aliphatic carbocycles. The van der Waals surface area contributed by atoms with Crippen molar-refractivity contribution in [3.05, 3.63) is 70.6 Å². The van der Waals surface area contributed by atoms with Crippen LogP contribution in [0.3, 0.4) is 0 Å². The number of imidazole rings is 1. The SMILES string of the molecule is Cc1cc(-c2cnc3c(NCCC(F)(F)F)cc(Nc4ccc(Cl)cc4F)nn23)ccc1C(N)=O. The number of nitrogens with two attached hydrogens (primary N) is 1. The van der Waals surface area contributed by atoms with Crippen LogP contribution >= 0.6 is 11.6 Å². The van der Waals surface area contributed by atoms with Crippen molar-refractivity contribution in [1.29, 1.82) is 0 Å². The minimum absolute atomic E-state index is 0.0748. The van der Waals surface area contributed by atoms with Crippen molar-refractivity contribution in [3.63, 3.8) is 0 Å². The quantitative estimate of drug-likeness (QED) is 0.279. The second kappa shape index (κ2) is 9.41. The molecule has 2 aromatic carbocycles. The predicted octanol–water partition coefficient (Wildman–Crippen LogP) is 5.70. The number of carbonyl (C=O) groups is 1. The zero-order valence-electron chi connectivity index (χ0n) is 18.3. The number of nitrogens with zero attached hydrogens (tertiary/aromatic N) is 3. The Hall–Kier alpha value is -3.86. The van der Waals surface area contributed by atoms with Gasteiger partial charge in [0, 0.05) is 28.8 Å². The van der Waals surface area contributed by atoms with Gasteiger partial charge in [-0.3, -0.25) is 4.79 Å². The van der Waals surface area contributed by atoms with E-state index in [1.807, 2.05) is 0 Å². The van der Waals surface area contributed by atoms with E-state index in [2.05, 4.69) is 20.7 Å². The van der Waals surface area contributed by atoms with Crippen LogP contribution in [0.25, 0.3) is 16.9 Å². The monoisotopic (exact) mass is 506 g/mol. The van der Waals surface area contributed by atoms with Crippen LogP contribution < -0.4 is 16.4 Å². The molecule has 4 rings (SSSR count). The lowest BCUT2D eigenvalue weighted by atomic mass is 10.0. The van der Waals surface area contributed by atoms with Crippen molar-refractivity contribution in [2.75, 3.05) is 17.2 Å². The van der Waals surface area contributed by atoms with E-state index >= 15 is 0 Å². The highest BCUT2D eigenvalue weighted by Crippen LogP contribution is 2.30. The van der Waals surface area contributed by atoms with E-state index in [-0.39, 0.29) is 27.9 Å². The minimum Gasteiger partial charge on any atom is -0.382 e. The molecule has 0 bridgehead atoms. The maximum atomic E-state index is 14.3. The molecule has 0 atom stereocenters. The number of aromatic nitrogens is 3. The van der Waals surface area contributed by atoms with Crippen molar-refractivity contribution in [3.8, 4) is 11.3 Å². The summed E-state index contributed by atoms with van der Waals surface area (Å²) in [5.41, 5.74) is 8.11. The second-order valence-corrected chi connectivity index (χ2v) is 8.19. The molecular formula is C23H19ClF4N6O. The number of halogens is 5. The number of hydrogen-bond acceptors (Lipinski definition) is 5. The van der Waals surface area contributed by atoms with Crippen LogP contribution in [0, 0.1) is 12.7 Å². The number of rotatable bonds is 7. The fourth-order valence-corrected chi connectivity index (χ4v) is 3.68. The third-order valence-corrected chi connectivity index (χ3v) is 5.41. The van der Waals surface area contributed by atoms with Crippen molar-refractivity contribution in [2.24, 2.45) is 5.73 Å². The molecule has 35 heavy (non-hydrogen) atoms. The molecule has 0 aliphatic rings. The van der Waals surface area contributed by atoms with Crippen molar-refractivity contribution in [1.82, 2.24) is 14.6 Å². The minimum atomic E-state index is -4.34. The van der Waals surface area contributed by atoms with E-state index in [9.17, 15) is 22.4 Å².